The highest BCUT2D eigenvalue weighted by atomic mass is 79.9. The van der Waals surface area contributed by atoms with Crippen molar-refractivity contribution in [2.45, 2.75) is 41.2 Å². The average molecular weight is 388 g/mol. The lowest BCUT2D eigenvalue weighted by Crippen LogP contribution is -2.68. The summed E-state index contributed by atoms with van der Waals surface area (Å²) in [5.74, 6) is -1.21. The second-order valence-corrected chi connectivity index (χ2v) is 8.79. The molecule has 2 aliphatic heterocycles. The van der Waals surface area contributed by atoms with Gasteiger partial charge in [-0.25, -0.2) is 9.18 Å². The molecule has 2 fully saturated rings. The molecule has 0 aliphatic carbocycles. The number of fused-ring (bicyclic) bond motifs is 1. The van der Waals surface area contributed by atoms with Crippen LogP contribution >= 0.6 is 27.7 Å². The van der Waals surface area contributed by atoms with Crippen molar-refractivity contribution in [2.24, 2.45) is 0 Å². The first-order valence-electron chi connectivity index (χ1n) is 6.84. The SMILES string of the molecule is CC1(C)S[C@H]2N(C(=O)[C@]2(F)Br)[C@H]1C(=O)OCc1ccccc1. The quantitative estimate of drug-likeness (QED) is 0.454. The summed E-state index contributed by atoms with van der Waals surface area (Å²) in [6.07, 6.45) is 0. The molecule has 7 heteroatoms. The predicted octanol–water partition coefficient (Wildman–Crippen LogP) is 2.85. The number of carbonyl (C=O) groups excluding carboxylic acids is 2. The van der Waals surface area contributed by atoms with Crippen molar-refractivity contribution in [3.8, 4) is 0 Å². The van der Waals surface area contributed by atoms with Gasteiger partial charge in [-0.15, -0.1) is 11.8 Å². The molecule has 2 heterocycles. The number of thioether (sulfide) groups is 1. The van der Waals surface area contributed by atoms with Gasteiger partial charge in [0, 0.05) is 4.75 Å². The highest BCUT2D eigenvalue weighted by molar-refractivity contribution is 9.10. The molecule has 4 nitrogen and oxygen atoms in total. The molecule has 2 aliphatic rings. The third-order valence-corrected chi connectivity index (χ3v) is 6.56. The Morgan fingerprint density at radius 3 is 2.68 bits per heavy atom. The van der Waals surface area contributed by atoms with Gasteiger partial charge in [-0.3, -0.25) is 4.79 Å². The predicted molar refractivity (Wildman–Crippen MR) is 85.1 cm³/mol. The molecule has 0 N–H and O–H groups in total. The molecule has 22 heavy (non-hydrogen) atoms. The summed E-state index contributed by atoms with van der Waals surface area (Å²) in [6.45, 7) is 3.78. The number of hydrogen-bond acceptors (Lipinski definition) is 4. The summed E-state index contributed by atoms with van der Waals surface area (Å²) in [4.78, 5) is 25.6. The molecule has 0 spiro atoms. The van der Waals surface area contributed by atoms with Crippen LogP contribution in [0.3, 0.4) is 0 Å². The molecule has 3 atom stereocenters. The first kappa shape index (κ1) is 15.8. The number of carbonyl (C=O) groups is 2. The molecular formula is C15H15BrFNO3S. The van der Waals surface area contributed by atoms with Crippen molar-refractivity contribution in [3.63, 3.8) is 0 Å². The van der Waals surface area contributed by atoms with Gasteiger partial charge in [-0.2, -0.15) is 0 Å². The number of hydrogen-bond donors (Lipinski definition) is 0. The zero-order chi connectivity index (χ0) is 16.1. The topological polar surface area (TPSA) is 46.6 Å². The molecule has 1 amide bonds. The molecule has 1 aromatic carbocycles. The zero-order valence-electron chi connectivity index (χ0n) is 12.1. The van der Waals surface area contributed by atoms with Crippen LogP contribution in [0.1, 0.15) is 19.4 Å². The van der Waals surface area contributed by atoms with Gasteiger partial charge in [-0.1, -0.05) is 30.3 Å². The fourth-order valence-electron chi connectivity index (χ4n) is 2.77. The minimum absolute atomic E-state index is 0.138. The molecule has 0 aromatic heterocycles. The summed E-state index contributed by atoms with van der Waals surface area (Å²) in [6, 6.07) is 8.52. The summed E-state index contributed by atoms with van der Waals surface area (Å²) in [7, 11) is 0. The van der Waals surface area contributed by atoms with Gasteiger partial charge in [-0.05, 0) is 35.3 Å². The van der Waals surface area contributed by atoms with Crippen LogP contribution in [0, 0.1) is 0 Å². The molecule has 3 rings (SSSR count). The van der Waals surface area contributed by atoms with Crippen LogP contribution in [-0.4, -0.2) is 37.5 Å². The summed E-state index contributed by atoms with van der Waals surface area (Å²) in [5.41, 5.74) is 0.867. The van der Waals surface area contributed by atoms with Crippen LogP contribution in [0.5, 0.6) is 0 Å². The number of ether oxygens (including phenoxy) is 1. The molecule has 118 valence electrons. The smallest absolute Gasteiger partial charge is 0.330 e. The molecule has 0 saturated carbocycles. The highest BCUT2D eigenvalue weighted by Gasteiger charge is 2.72. The molecule has 0 radical (unpaired) electrons. The molecular weight excluding hydrogens is 373 g/mol. The van der Waals surface area contributed by atoms with Crippen molar-refractivity contribution in [1.29, 1.82) is 0 Å². The van der Waals surface area contributed by atoms with E-state index in [1.54, 1.807) is 0 Å². The highest BCUT2D eigenvalue weighted by Crippen LogP contribution is 2.58. The first-order chi connectivity index (χ1) is 10.2. The monoisotopic (exact) mass is 387 g/mol. The largest absolute Gasteiger partial charge is 0.459 e. The van der Waals surface area contributed by atoms with E-state index in [0.717, 1.165) is 5.56 Å². The van der Waals surface area contributed by atoms with Gasteiger partial charge in [0.2, 0.25) is 0 Å². The van der Waals surface area contributed by atoms with Crippen molar-refractivity contribution in [2.75, 3.05) is 0 Å². The number of halogens is 2. The van der Waals surface area contributed by atoms with E-state index < -0.39 is 32.6 Å². The Hall–Kier alpha value is -1.08. The molecule has 0 bridgehead atoms. The fourth-order valence-corrected chi connectivity index (χ4v) is 4.97. The maximum absolute atomic E-state index is 14.1. The van der Waals surface area contributed by atoms with Crippen molar-refractivity contribution < 1.29 is 18.7 Å². The Morgan fingerprint density at radius 1 is 1.41 bits per heavy atom. The number of β-lactam (4-membered cyclic amide) rings is 1. The lowest BCUT2D eigenvalue weighted by molar-refractivity contribution is -0.170. The van der Waals surface area contributed by atoms with Crippen LogP contribution in [0.4, 0.5) is 4.39 Å². The molecule has 1 aromatic rings. The van der Waals surface area contributed by atoms with Gasteiger partial charge >= 0.3 is 5.97 Å². The maximum atomic E-state index is 14.1. The fraction of sp³-hybridized carbons (Fsp3) is 0.467. The van der Waals surface area contributed by atoms with E-state index in [1.165, 1.54) is 16.7 Å². The number of alkyl halides is 2. The number of amides is 1. The van der Waals surface area contributed by atoms with Crippen LogP contribution in [0.15, 0.2) is 30.3 Å². The lowest BCUT2D eigenvalue weighted by atomic mass is 9.97. The Labute approximate surface area is 140 Å². The van der Waals surface area contributed by atoms with Gasteiger partial charge in [0.15, 0.2) is 0 Å². The zero-order valence-corrected chi connectivity index (χ0v) is 14.5. The number of nitrogens with zero attached hydrogens (tertiary/aromatic N) is 1. The van der Waals surface area contributed by atoms with Crippen LogP contribution in [0.25, 0.3) is 0 Å². The van der Waals surface area contributed by atoms with Crippen LogP contribution < -0.4 is 0 Å². The van der Waals surface area contributed by atoms with Gasteiger partial charge in [0.25, 0.3) is 10.5 Å². The average Bonchev–Trinajstić information content (AvgIpc) is 2.76. The van der Waals surface area contributed by atoms with Crippen LogP contribution in [-0.2, 0) is 20.9 Å². The second-order valence-electron chi connectivity index (χ2n) is 5.90. The second kappa shape index (κ2) is 5.23. The lowest BCUT2D eigenvalue weighted by Gasteiger charge is -2.44. The molecule has 2 saturated heterocycles. The Bertz CT molecular complexity index is 622. The number of benzene rings is 1. The van der Waals surface area contributed by atoms with E-state index in [2.05, 4.69) is 15.9 Å². The maximum Gasteiger partial charge on any atom is 0.330 e. The summed E-state index contributed by atoms with van der Waals surface area (Å²) >= 11 is 4.08. The standard InChI is InChI=1S/C15H15BrFNO3S/c1-14(2)10(18-12(20)15(16,17)13(18)22-14)11(19)21-8-9-6-4-3-5-7-9/h3-7,10,13H,8H2,1-2H3/t10-,13+,15+/m0/s1. The van der Waals surface area contributed by atoms with E-state index in [1.807, 2.05) is 44.2 Å². The van der Waals surface area contributed by atoms with Crippen molar-refractivity contribution in [1.82, 2.24) is 4.90 Å². The van der Waals surface area contributed by atoms with E-state index in [4.69, 9.17) is 4.74 Å². The number of rotatable bonds is 3. The third-order valence-electron chi connectivity index (χ3n) is 3.88. The normalized spacial score (nSPS) is 32.4. The minimum atomic E-state index is -2.08. The first-order valence-corrected chi connectivity index (χ1v) is 8.51. The Kier molecular flexibility index (Phi) is 3.76. The summed E-state index contributed by atoms with van der Waals surface area (Å²) < 4.78 is 16.8. The van der Waals surface area contributed by atoms with Gasteiger partial charge in [0.1, 0.15) is 18.0 Å². The van der Waals surface area contributed by atoms with E-state index in [-0.39, 0.29) is 6.61 Å². The third kappa shape index (κ3) is 2.34. The van der Waals surface area contributed by atoms with Gasteiger partial charge < -0.3 is 9.64 Å². The van der Waals surface area contributed by atoms with E-state index in [9.17, 15) is 14.0 Å². The van der Waals surface area contributed by atoms with Crippen molar-refractivity contribution >= 4 is 39.6 Å². The molecule has 0 unspecified atom stereocenters. The minimum Gasteiger partial charge on any atom is -0.459 e. The van der Waals surface area contributed by atoms with Crippen LogP contribution in [0.2, 0.25) is 0 Å². The Balaban J connectivity index is 1.73. The van der Waals surface area contributed by atoms with E-state index >= 15 is 0 Å². The van der Waals surface area contributed by atoms with E-state index in [0.29, 0.717) is 0 Å². The summed E-state index contributed by atoms with van der Waals surface area (Å²) in [5, 5.41) is -0.690. The Morgan fingerprint density at radius 2 is 2.05 bits per heavy atom. The number of esters is 1. The van der Waals surface area contributed by atoms with Gasteiger partial charge in [0.05, 0.1) is 0 Å². The van der Waals surface area contributed by atoms with Crippen molar-refractivity contribution in [3.05, 3.63) is 35.9 Å².